The molecule has 5 nitrogen and oxygen atoms in total. The van der Waals surface area contributed by atoms with Crippen molar-refractivity contribution in [1.29, 1.82) is 5.26 Å². The molecule has 0 spiro atoms. The Balaban J connectivity index is 3.18. The minimum atomic E-state index is -0.327. The number of aryl methyl sites for hydroxylation is 1. The van der Waals surface area contributed by atoms with Gasteiger partial charge in [-0.2, -0.15) is 5.26 Å². The van der Waals surface area contributed by atoms with E-state index in [0.717, 1.165) is 4.57 Å². The van der Waals surface area contributed by atoms with Crippen molar-refractivity contribution in [2.75, 3.05) is 6.54 Å². The highest BCUT2D eigenvalue weighted by Gasteiger charge is 2.10. The molecule has 1 aromatic heterocycles. The fourth-order valence-electron chi connectivity index (χ4n) is 0.860. The van der Waals surface area contributed by atoms with Crippen molar-refractivity contribution in [1.82, 2.24) is 9.55 Å². The molecule has 0 unspecified atom stereocenters. The fraction of sp³-hybridized carbons (Fsp3) is 0.286. The molecular formula is C7H8N4O. The first-order valence-corrected chi connectivity index (χ1v) is 3.38. The van der Waals surface area contributed by atoms with Crippen LogP contribution in [0.25, 0.3) is 0 Å². The van der Waals surface area contributed by atoms with E-state index in [1.807, 2.05) is 6.07 Å². The van der Waals surface area contributed by atoms with E-state index in [1.54, 1.807) is 6.92 Å². The van der Waals surface area contributed by atoms with Gasteiger partial charge in [0.05, 0.1) is 12.2 Å². The molecule has 0 saturated heterocycles. The van der Waals surface area contributed by atoms with Crippen LogP contribution in [0.4, 0.5) is 0 Å². The molecule has 12 heavy (non-hydrogen) atoms. The lowest BCUT2D eigenvalue weighted by atomic mass is 10.3. The van der Waals surface area contributed by atoms with Crippen LogP contribution in [-0.4, -0.2) is 22.0 Å². The van der Waals surface area contributed by atoms with Gasteiger partial charge in [-0.1, -0.05) is 0 Å². The van der Waals surface area contributed by atoms with Crippen LogP contribution in [0, 0.1) is 18.3 Å². The van der Waals surface area contributed by atoms with Gasteiger partial charge >= 0.3 is 0 Å². The predicted octanol–water partition coefficient (Wildman–Crippen LogP) is -0.338. The average Bonchev–Trinajstić information content (AvgIpc) is 2.45. The van der Waals surface area contributed by atoms with Gasteiger partial charge in [0.25, 0.3) is 0 Å². The molecule has 1 heterocycles. The minimum Gasteiger partial charge on any atom is -0.322 e. The van der Waals surface area contributed by atoms with Gasteiger partial charge < -0.3 is 5.73 Å². The third-order valence-corrected chi connectivity index (χ3v) is 1.50. The molecule has 0 aliphatic heterocycles. The standard InChI is InChI=1S/C7H8N4O/c1-5-6(2-8)11(4-10-5)7(12)3-9/h4H,3,9H2,1H3. The van der Waals surface area contributed by atoms with Gasteiger partial charge in [-0.25, -0.2) is 4.98 Å². The number of hydrogen-bond acceptors (Lipinski definition) is 4. The van der Waals surface area contributed by atoms with Crippen molar-refractivity contribution in [3.05, 3.63) is 17.7 Å². The van der Waals surface area contributed by atoms with E-state index in [9.17, 15) is 4.79 Å². The number of carbonyl (C=O) groups is 1. The number of nitrogens with zero attached hydrogens (tertiary/aromatic N) is 3. The molecule has 0 amide bonds. The Hall–Kier alpha value is -1.67. The van der Waals surface area contributed by atoms with E-state index < -0.39 is 0 Å². The number of nitrogens with two attached hydrogens (primary N) is 1. The fourth-order valence-corrected chi connectivity index (χ4v) is 0.860. The van der Waals surface area contributed by atoms with E-state index in [-0.39, 0.29) is 18.1 Å². The van der Waals surface area contributed by atoms with Crippen molar-refractivity contribution in [2.45, 2.75) is 6.92 Å². The van der Waals surface area contributed by atoms with Gasteiger partial charge in [-0.15, -0.1) is 0 Å². The van der Waals surface area contributed by atoms with Crippen LogP contribution in [0.2, 0.25) is 0 Å². The molecule has 0 fully saturated rings. The van der Waals surface area contributed by atoms with Crippen LogP contribution in [0.15, 0.2) is 6.33 Å². The number of imidazole rings is 1. The van der Waals surface area contributed by atoms with Crippen LogP contribution < -0.4 is 5.73 Å². The van der Waals surface area contributed by atoms with Crippen LogP contribution in [0.5, 0.6) is 0 Å². The molecular weight excluding hydrogens is 156 g/mol. The zero-order valence-electron chi connectivity index (χ0n) is 6.61. The molecule has 0 aliphatic carbocycles. The number of rotatable bonds is 1. The van der Waals surface area contributed by atoms with Crippen LogP contribution in [0.3, 0.4) is 0 Å². The van der Waals surface area contributed by atoms with E-state index in [0.29, 0.717) is 5.69 Å². The van der Waals surface area contributed by atoms with Gasteiger partial charge in [-0.05, 0) is 6.92 Å². The number of hydrogen-bond donors (Lipinski definition) is 1. The highest BCUT2D eigenvalue weighted by molar-refractivity contribution is 5.82. The molecule has 1 rings (SSSR count). The summed E-state index contributed by atoms with van der Waals surface area (Å²) >= 11 is 0. The Kier molecular flexibility index (Phi) is 2.21. The van der Waals surface area contributed by atoms with Gasteiger partial charge in [-0.3, -0.25) is 9.36 Å². The van der Waals surface area contributed by atoms with Crippen LogP contribution in [-0.2, 0) is 0 Å². The molecule has 5 heteroatoms. The maximum absolute atomic E-state index is 11.1. The average molecular weight is 164 g/mol. The van der Waals surface area contributed by atoms with Crippen molar-refractivity contribution >= 4 is 5.91 Å². The second kappa shape index (κ2) is 3.15. The molecule has 0 saturated carbocycles. The number of aromatic nitrogens is 2. The van der Waals surface area contributed by atoms with E-state index in [1.165, 1.54) is 6.33 Å². The van der Waals surface area contributed by atoms with E-state index in [2.05, 4.69) is 4.98 Å². The lowest BCUT2D eigenvalue weighted by Gasteiger charge is -1.97. The summed E-state index contributed by atoms with van der Waals surface area (Å²) in [4.78, 5) is 14.9. The molecule has 0 atom stereocenters. The first-order valence-electron chi connectivity index (χ1n) is 3.38. The van der Waals surface area contributed by atoms with Gasteiger partial charge in [0, 0.05) is 0 Å². The second-order valence-electron chi connectivity index (χ2n) is 2.26. The summed E-state index contributed by atoms with van der Waals surface area (Å²) in [6.07, 6.45) is 1.31. The quantitative estimate of drug-likeness (QED) is 0.615. The van der Waals surface area contributed by atoms with Crippen molar-refractivity contribution in [3.8, 4) is 6.07 Å². The van der Waals surface area contributed by atoms with Gasteiger partial charge in [0.2, 0.25) is 5.91 Å². The SMILES string of the molecule is Cc1ncn(C(=O)CN)c1C#N. The third kappa shape index (κ3) is 1.20. The summed E-state index contributed by atoms with van der Waals surface area (Å²) in [5, 5.41) is 8.63. The van der Waals surface area contributed by atoms with Crippen LogP contribution in [0.1, 0.15) is 16.2 Å². The van der Waals surface area contributed by atoms with Crippen molar-refractivity contribution in [3.63, 3.8) is 0 Å². The summed E-state index contributed by atoms with van der Waals surface area (Å²) in [5.41, 5.74) is 5.93. The van der Waals surface area contributed by atoms with Gasteiger partial charge in [0.1, 0.15) is 18.1 Å². The summed E-state index contributed by atoms with van der Waals surface area (Å²) in [7, 11) is 0. The Bertz CT molecular complexity index is 347. The predicted molar refractivity (Wildman–Crippen MR) is 41.4 cm³/mol. The maximum Gasteiger partial charge on any atom is 0.246 e. The summed E-state index contributed by atoms with van der Waals surface area (Å²) in [5.74, 6) is -0.327. The van der Waals surface area contributed by atoms with Crippen molar-refractivity contribution in [2.24, 2.45) is 5.73 Å². The third-order valence-electron chi connectivity index (χ3n) is 1.50. The first kappa shape index (κ1) is 8.43. The second-order valence-corrected chi connectivity index (χ2v) is 2.26. The van der Waals surface area contributed by atoms with Crippen molar-refractivity contribution < 1.29 is 4.79 Å². The highest BCUT2D eigenvalue weighted by atomic mass is 16.2. The van der Waals surface area contributed by atoms with Gasteiger partial charge in [0.15, 0.2) is 0 Å². The number of carbonyl (C=O) groups excluding carboxylic acids is 1. The van der Waals surface area contributed by atoms with E-state index >= 15 is 0 Å². The smallest absolute Gasteiger partial charge is 0.246 e. The Morgan fingerprint density at radius 3 is 3.08 bits per heavy atom. The lowest BCUT2D eigenvalue weighted by Crippen LogP contribution is -2.21. The number of nitriles is 1. The van der Waals surface area contributed by atoms with E-state index in [4.69, 9.17) is 11.0 Å². The molecule has 0 radical (unpaired) electrons. The zero-order chi connectivity index (χ0) is 9.14. The molecule has 62 valence electrons. The Morgan fingerprint density at radius 2 is 2.58 bits per heavy atom. The monoisotopic (exact) mass is 164 g/mol. The topological polar surface area (TPSA) is 84.7 Å². The molecule has 2 N–H and O–H groups in total. The van der Waals surface area contributed by atoms with Crippen LogP contribution >= 0.6 is 0 Å². The maximum atomic E-state index is 11.1. The largest absolute Gasteiger partial charge is 0.322 e. The zero-order valence-corrected chi connectivity index (χ0v) is 6.61. The lowest BCUT2D eigenvalue weighted by molar-refractivity contribution is 0.0922. The Morgan fingerprint density at radius 1 is 1.92 bits per heavy atom. The minimum absolute atomic E-state index is 0.121. The molecule has 0 aromatic carbocycles. The molecule has 0 bridgehead atoms. The molecule has 0 aliphatic rings. The summed E-state index contributed by atoms with van der Waals surface area (Å²) in [6.45, 7) is 1.54. The highest BCUT2D eigenvalue weighted by Crippen LogP contribution is 2.03. The normalized spacial score (nSPS) is 9.42. The first-order chi connectivity index (χ1) is 5.70. The summed E-state index contributed by atoms with van der Waals surface area (Å²) < 4.78 is 1.16. The Labute approximate surface area is 69.4 Å². The summed E-state index contributed by atoms with van der Waals surface area (Å²) in [6, 6.07) is 1.88. The molecule has 1 aromatic rings.